The molecule has 5 heterocycles. The summed E-state index contributed by atoms with van der Waals surface area (Å²) in [4.78, 5) is 27.5. The number of hydrogen-bond donors (Lipinski definition) is 3. The van der Waals surface area contributed by atoms with Crippen LogP contribution in [0.3, 0.4) is 0 Å². The summed E-state index contributed by atoms with van der Waals surface area (Å²) in [5.74, 6) is -23.0. The Bertz CT molecular complexity index is 3230. The molecule has 7 nitrogen and oxygen atoms in total. The molecule has 0 aliphatic carbocycles. The molecule has 0 radical (unpaired) electrons. The number of carbonyl (C=O) groups is 1. The molecule has 0 fully saturated rings. The average Bonchev–Trinajstić information content (AvgIpc) is 4.14. The van der Waals surface area contributed by atoms with Crippen LogP contribution in [0.1, 0.15) is 33.1 Å². The van der Waals surface area contributed by atoms with Crippen LogP contribution in [-0.4, -0.2) is 33.0 Å². The van der Waals surface area contributed by atoms with Gasteiger partial charge in [-0.05, 0) is 84.0 Å². The molecule has 314 valence electrons. The maximum atomic E-state index is 15.9. The number of nitrogens with zero attached hydrogens (tertiary/aromatic N) is 2. The Kier molecular flexibility index (Phi) is 9.76. The van der Waals surface area contributed by atoms with Crippen LogP contribution in [-0.2, 0) is 4.74 Å². The second-order valence-electron chi connectivity index (χ2n) is 14.1. The highest BCUT2D eigenvalue weighted by atomic mass is 19.2. The predicted molar refractivity (Wildman–Crippen MR) is 216 cm³/mol. The molecular formula is C46H23F10N5O2. The van der Waals surface area contributed by atoms with E-state index < -0.39 is 86.4 Å². The first kappa shape index (κ1) is 40.5. The number of carbonyl (C=O) groups excluding carboxylic acids is 1. The number of rotatable bonds is 5. The van der Waals surface area contributed by atoms with Crippen molar-refractivity contribution in [3.63, 3.8) is 0 Å². The molecule has 7 aromatic rings. The molecular weight excluding hydrogens is 845 g/mol. The number of ether oxygens (including phenoxy) is 1. The highest BCUT2D eigenvalue weighted by molar-refractivity contribution is 6.00. The van der Waals surface area contributed by atoms with Gasteiger partial charge in [0.1, 0.15) is 0 Å². The summed E-state index contributed by atoms with van der Waals surface area (Å²) in [6.07, 6.45) is 5.22. The number of nitrogen functional groups attached to an aromatic ring is 1. The maximum Gasteiger partial charge on any atom is 0.337 e. The van der Waals surface area contributed by atoms with E-state index >= 15 is 17.6 Å². The lowest BCUT2D eigenvalue weighted by atomic mass is 10.0. The summed E-state index contributed by atoms with van der Waals surface area (Å²) in [7, 11) is 1.16. The smallest absolute Gasteiger partial charge is 0.337 e. The van der Waals surface area contributed by atoms with Crippen molar-refractivity contribution in [2.24, 2.45) is 0 Å². The molecule has 0 spiro atoms. The number of nitrogens with one attached hydrogen (secondary N) is 2. The standard InChI is InChI=1S/C46H23F10N5O2/c1-63-46(62)20-4-2-18(3-5-20)30-22-10-14-26(58-22)32(34-36(47)40(51)44(55)41(52)37(34)48)28-16-12-24(60-28)31(19-6-8-21(57)9-7-19)25-13-17-29(61-25)33(27-15-11-23(30)59-27)35-38(49)42(53)45(56)43(54)39(35)50/h2-17,58,61H,57H2,1H3. The van der Waals surface area contributed by atoms with Gasteiger partial charge >= 0.3 is 5.97 Å². The van der Waals surface area contributed by atoms with Crippen LogP contribution in [0.4, 0.5) is 49.6 Å². The van der Waals surface area contributed by atoms with Gasteiger partial charge in [0, 0.05) is 50.0 Å². The average molecular weight is 868 g/mol. The van der Waals surface area contributed by atoms with Gasteiger partial charge in [-0.2, -0.15) is 0 Å². The van der Waals surface area contributed by atoms with E-state index in [2.05, 4.69) is 19.9 Å². The van der Waals surface area contributed by atoms with E-state index in [9.17, 15) is 31.1 Å². The van der Waals surface area contributed by atoms with Gasteiger partial charge in [0.2, 0.25) is 11.6 Å². The van der Waals surface area contributed by atoms with Gasteiger partial charge in [0.15, 0.2) is 46.5 Å². The van der Waals surface area contributed by atoms with Crippen molar-refractivity contribution < 1.29 is 53.4 Å². The summed E-state index contributed by atoms with van der Waals surface area (Å²) in [6.45, 7) is 0. The van der Waals surface area contributed by atoms with E-state index in [0.29, 0.717) is 11.3 Å². The molecule has 0 saturated heterocycles. The Morgan fingerprint density at radius 2 is 0.730 bits per heavy atom. The van der Waals surface area contributed by atoms with Crippen LogP contribution in [0.15, 0.2) is 72.8 Å². The number of hydrogen-bond acceptors (Lipinski definition) is 5. The zero-order valence-electron chi connectivity index (χ0n) is 31.8. The summed E-state index contributed by atoms with van der Waals surface area (Å²) < 4.78 is 157. The first-order valence-electron chi connectivity index (χ1n) is 18.4. The molecule has 8 bridgehead atoms. The normalized spacial score (nSPS) is 12.0. The number of anilines is 1. The molecule has 9 rings (SSSR count). The van der Waals surface area contributed by atoms with Gasteiger partial charge in [0.05, 0.1) is 46.6 Å². The number of nitrogens with two attached hydrogens (primary N) is 1. The van der Waals surface area contributed by atoms with Crippen molar-refractivity contribution in [3.8, 4) is 44.5 Å². The fraction of sp³-hybridized carbons (Fsp3) is 0.0217. The molecule has 17 heteroatoms. The SMILES string of the molecule is COC(=O)c1ccc(-c2c3nc(c(-c4c(F)c(F)c(F)c(F)c4F)c4ccc([nH]4)c(-c4ccc(N)cc4)c4nc(c(-c5c(F)c(F)c(F)c(F)c5F)c5ccc2[nH]5)C=C4)C=C3)cc1. The molecule has 3 aromatic heterocycles. The molecule has 63 heavy (non-hydrogen) atoms. The fourth-order valence-electron chi connectivity index (χ4n) is 7.53. The molecule has 0 atom stereocenters. The van der Waals surface area contributed by atoms with Crippen LogP contribution in [0.2, 0.25) is 0 Å². The largest absolute Gasteiger partial charge is 0.465 e. The maximum absolute atomic E-state index is 15.9. The van der Waals surface area contributed by atoms with Gasteiger partial charge < -0.3 is 20.4 Å². The molecule has 4 aromatic carbocycles. The van der Waals surface area contributed by atoms with Crippen LogP contribution in [0, 0.1) is 58.2 Å². The number of aromatic nitrogens is 4. The van der Waals surface area contributed by atoms with Crippen LogP contribution < -0.4 is 5.73 Å². The van der Waals surface area contributed by atoms with Gasteiger partial charge in [0.25, 0.3) is 0 Å². The predicted octanol–water partition coefficient (Wildman–Crippen LogP) is 12.1. The molecule has 2 aliphatic rings. The van der Waals surface area contributed by atoms with Gasteiger partial charge in [-0.25, -0.2) is 58.7 Å². The van der Waals surface area contributed by atoms with E-state index in [1.807, 2.05) is 0 Å². The summed E-state index contributed by atoms with van der Waals surface area (Å²) in [5, 5.41) is 0. The third-order valence-electron chi connectivity index (χ3n) is 10.5. The molecule has 0 unspecified atom stereocenters. The van der Waals surface area contributed by atoms with Crippen LogP contribution in [0.5, 0.6) is 0 Å². The quantitative estimate of drug-likeness (QED) is 0.0525. The fourth-order valence-corrected chi connectivity index (χ4v) is 7.53. The molecule has 4 N–H and O–H groups in total. The lowest BCUT2D eigenvalue weighted by Crippen LogP contribution is -2.05. The Hall–Kier alpha value is -7.95. The minimum absolute atomic E-state index is 0.0212. The zero-order chi connectivity index (χ0) is 44.6. The first-order chi connectivity index (χ1) is 30.2. The summed E-state index contributed by atoms with van der Waals surface area (Å²) in [6, 6.07) is 17.1. The van der Waals surface area contributed by atoms with Crippen molar-refractivity contribution >= 4 is 58.0 Å². The van der Waals surface area contributed by atoms with Crippen LogP contribution in [0.25, 0.3) is 90.9 Å². The van der Waals surface area contributed by atoms with E-state index in [-0.39, 0.29) is 67.1 Å². The number of H-pyrrole nitrogens is 2. The van der Waals surface area contributed by atoms with E-state index in [0.717, 1.165) is 7.11 Å². The van der Waals surface area contributed by atoms with Crippen molar-refractivity contribution in [2.45, 2.75) is 0 Å². The Balaban J connectivity index is 1.51. The third-order valence-corrected chi connectivity index (χ3v) is 10.5. The van der Waals surface area contributed by atoms with Crippen molar-refractivity contribution in [1.29, 1.82) is 0 Å². The first-order valence-corrected chi connectivity index (χ1v) is 18.4. The van der Waals surface area contributed by atoms with Crippen molar-refractivity contribution in [3.05, 3.63) is 159 Å². The van der Waals surface area contributed by atoms with E-state index in [4.69, 9.17) is 10.5 Å². The molecule has 0 amide bonds. The number of benzene rings is 4. The Morgan fingerprint density at radius 1 is 0.429 bits per heavy atom. The zero-order valence-corrected chi connectivity index (χ0v) is 31.8. The van der Waals surface area contributed by atoms with Gasteiger partial charge in [-0.1, -0.05) is 24.3 Å². The lowest BCUT2D eigenvalue weighted by Gasteiger charge is -2.11. The number of halogens is 10. The molecule has 2 aliphatic heterocycles. The number of fused-ring (bicyclic) bond motifs is 8. The Morgan fingerprint density at radius 3 is 1.08 bits per heavy atom. The number of esters is 1. The van der Waals surface area contributed by atoms with Crippen molar-refractivity contribution in [1.82, 2.24) is 19.9 Å². The minimum atomic E-state index is -2.39. The topological polar surface area (TPSA) is 110 Å². The van der Waals surface area contributed by atoms with Crippen LogP contribution >= 0.6 is 0 Å². The minimum Gasteiger partial charge on any atom is -0.465 e. The van der Waals surface area contributed by atoms with Crippen molar-refractivity contribution in [2.75, 3.05) is 12.8 Å². The monoisotopic (exact) mass is 867 g/mol. The Labute approximate surface area is 347 Å². The van der Waals surface area contributed by atoms with Gasteiger partial charge in [-0.3, -0.25) is 0 Å². The number of methoxy groups -OCH3 is 1. The van der Waals surface area contributed by atoms with E-state index in [1.165, 1.54) is 85.0 Å². The van der Waals surface area contributed by atoms with Gasteiger partial charge in [-0.15, -0.1) is 0 Å². The lowest BCUT2D eigenvalue weighted by molar-refractivity contribution is 0.0600. The number of aromatic amines is 2. The van der Waals surface area contributed by atoms with E-state index in [1.54, 1.807) is 12.1 Å². The molecule has 0 saturated carbocycles. The second-order valence-corrected chi connectivity index (χ2v) is 14.1. The second kappa shape index (κ2) is 15.2. The third kappa shape index (κ3) is 6.50. The highest BCUT2D eigenvalue weighted by Gasteiger charge is 2.32. The highest BCUT2D eigenvalue weighted by Crippen LogP contribution is 2.42. The summed E-state index contributed by atoms with van der Waals surface area (Å²) >= 11 is 0. The summed E-state index contributed by atoms with van der Waals surface area (Å²) in [5.41, 5.74) is 2.73.